The molecule has 0 atom stereocenters. The van der Waals surface area contributed by atoms with Crippen molar-refractivity contribution < 1.29 is 13.6 Å². The van der Waals surface area contributed by atoms with Gasteiger partial charge in [0.2, 0.25) is 0 Å². The Hall–Kier alpha value is -2.90. The molecule has 8 heteroatoms. The zero-order chi connectivity index (χ0) is 14.3. The van der Waals surface area contributed by atoms with E-state index in [1.807, 2.05) is 0 Å². The number of hydrogen-bond acceptors (Lipinski definition) is 4. The molecule has 2 N–H and O–H groups in total. The fourth-order valence-corrected chi connectivity index (χ4v) is 1.76. The third-order valence-electron chi connectivity index (χ3n) is 2.68. The first-order chi connectivity index (χ1) is 9.58. The van der Waals surface area contributed by atoms with Crippen LogP contribution in [0.15, 0.2) is 24.3 Å². The molecule has 1 radical (unpaired) electrons. The van der Waals surface area contributed by atoms with E-state index in [0.717, 1.165) is 10.7 Å². The summed E-state index contributed by atoms with van der Waals surface area (Å²) in [5.41, 5.74) is 5.24. The summed E-state index contributed by atoms with van der Waals surface area (Å²) >= 11 is 0. The van der Waals surface area contributed by atoms with Crippen molar-refractivity contribution in [1.29, 1.82) is 0 Å². The molecule has 6 nitrogen and oxygen atoms in total. The van der Waals surface area contributed by atoms with Gasteiger partial charge >= 0.3 is 6.03 Å². The van der Waals surface area contributed by atoms with Crippen LogP contribution in [0.1, 0.15) is 0 Å². The van der Waals surface area contributed by atoms with Gasteiger partial charge in [0, 0.05) is 5.56 Å². The number of carbonyl (C=O) groups is 1. The van der Waals surface area contributed by atoms with Crippen molar-refractivity contribution in [1.82, 2.24) is 20.0 Å². The summed E-state index contributed by atoms with van der Waals surface area (Å²) in [5.74, 6) is -2.01. The molecule has 0 fully saturated rings. The summed E-state index contributed by atoms with van der Waals surface area (Å²) in [7, 11) is 0. The highest BCUT2D eigenvalue weighted by atomic mass is 19.2. The Morgan fingerprint density at radius 2 is 2.10 bits per heavy atom. The van der Waals surface area contributed by atoms with Crippen molar-refractivity contribution in [3.63, 3.8) is 0 Å². The lowest BCUT2D eigenvalue weighted by Crippen LogP contribution is -2.21. The second-order valence-corrected chi connectivity index (χ2v) is 3.93. The van der Waals surface area contributed by atoms with Crippen molar-refractivity contribution in [3.8, 4) is 11.3 Å². The molecule has 0 aliphatic heterocycles. The van der Waals surface area contributed by atoms with Gasteiger partial charge in [-0.1, -0.05) is 6.07 Å². The first kappa shape index (κ1) is 12.2. The summed E-state index contributed by atoms with van der Waals surface area (Å²) in [6.45, 7) is 0. The fraction of sp³-hybridized carbons (Fsp3) is 0. The molecule has 0 saturated heterocycles. The zero-order valence-corrected chi connectivity index (χ0v) is 9.84. The van der Waals surface area contributed by atoms with Crippen LogP contribution in [0.3, 0.4) is 0 Å². The summed E-state index contributed by atoms with van der Waals surface area (Å²) in [4.78, 5) is 11.1. The highest BCUT2D eigenvalue weighted by Crippen LogP contribution is 2.24. The third kappa shape index (κ3) is 1.78. The largest absolute Gasteiger partial charge is 0.350 e. The maximum Gasteiger partial charge on any atom is 0.341 e. The Kier molecular flexibility index (Phi) is 2.63. The molecule has 3 rings (SSSR count). The topological polar surface area (TPSA) is 86.7 Å². The van der Waals surface area contributed by atoms with E-state index in [9.17, 15) is 13.6 Å². The number of rotatable bonds is 1. The summed E-state index contributed by atoms with van der Waals surface area (Å²) in [6.07, 6.45) is 2.51. The number of aromatic nitrogens is 4. The van der Waals surface area contributed by atoms with Gasteiger partial charge in [0.05, 0.1) is 11.1 Å². The van der Waals surface area contributed by atoms with E-state index in [4.69, 9.17) is 5.73 Å². The van der Waals surface area contributed by atoms with Gasteiger partial charge < -0.3 is 5.73 Å². The van der Waals surface area contributed by atoms with Gasteiger partial charge in [-0.15, -0.1) is 10.2 Å². The molecule has 2 aromatic heterocycles. The van der Waals surface area contributed by atoms with Crippen LogP contribution in [0.25, 0.3) is 22.3 Å². The van der Waals surface area contributed by atoms with Crippen LogP contribution in [0.4, 0.5) is 13.6 Å². The number of primary amides is 1. The summed E-state index contributed by atoms with van der Waals surface area (Å²) in [5, 5.41) is 11.4. The first-order valence-corrected chi connectivity index (χ1v) is 5.46. The highest BCUT2D eigenvalue weighted by molar-refractivity contribution is 5.87. The lowest BCUT2D eigenvalue weighted by molar-refractivity contribution is 0.248. The van der Waals surface area contributed by atoms with Crippen molar-refractivity contribution in [2.45, 2.75) is 0 Å². The number of nitrogens with zero attached hydrogens (tertiary/aromatic N) is 4. The van der Waals surface area contributed by atoms with Gasteiger partial charge in [-0.25, -0.2) is 13.6 Å². The second-order valence-electron chi connectivity index (χ2n) is 3.93. The molecule has 0 saturated carbocycles. The lowest BCUT2D eigenvalue weighted by Gasteiger charge is -2.02. The lowest BCUT2D eigenvalue weighted by atomic mass is 10.1. The van der Waals surface area contributed by atoms with Crippen LogP contribution in [0.5, 0.6) is 0 Å². The van der Waals surface area contributed by atoms with Crippen molar-refractivity contribution >= 4 is 17.1 Å². The Morgan fingerprint density at radius 3 is 2.85 bits per heavy atom. The number of carbonyl (C=O) groups excluding carboxylic acids is 1. The average Bonchev–Trinajstić information content (AvgIpc) is 2.85. The van der Waals surface area contributed by atoms with Gasteiger partial charge in [-0.3, -0.25) is 0 Å². The standard InChI is InChI=1S/C12H6F2N5O/c13-8-3-1-2-7(10(8)14)9-4-6-5-16-19(12(15)20)11(6)18-17-9/h1-4H,(H2,15,20). The average molecular weight is 274 g/mol. The van der Waals surface area contributed by atoms with E-state index < -0.39 is 17.7 Å². The van der Waals surface area contributed by atoms with Crippen LogP contribution >= 0.6 is 0 Å². The minimum absolute atomic E-state index is 0.0420. The van der Waals surface area contributed by atoms with Crippen LogP contribution < -0.4 is 5.73 Å². The van der Waals surface area contributed by atoms with Crippen LogP contribution in [0, 0.1) is 17.8 Å². The minimum Gasteiger partial charge on any atom is -0.350 e. The Balaban J connectivity index is 2.19. The predicted octanol–water partition coefficient (Wildman–Crippen LogP) is 1.50. The zero-order valence-electron chi connectivity index (χ0n) is 9.84. The van der Waals surface area contributed by atoms with E-state index in [1.54, 1.807) is 0 Å². The van der Waals surface area contributed by atoms with E-state index in [0.29, 0.717) is 5.39 Å². The first-order valence-electron chi connectivity index (χ1n) is 5.46. The molecule has 0 bridgehead atoms. The van der Waals surface area contributed by atoms with Crippen LogP contribution in [0.2, 0.25) is 0 Å². The van der Waals surface area contributed by atoms with Gasteiger partial charge in [-0.2, -0.15) is 9.78 Å². The SMILES string of the molecule is NC(=O)n1n[c]c2cc(-c3cccc(F)c3F)nnc21. The van der Waals surface area contributed by atoms with Crippen LogP contribution in [-0.2, 0) is 0 Å². The van der Waals surface area contributed by atoms with Gasteiger partial charge in [0.15, 0.2) is 17.3 Å². The molecule has 3 aromatic rings. The van der Waals surface area contributed by atoms with Gasteiger partial charge in [-0.05, 0) is 18.2 Å². The number of halogens is 2. The van der Waals surface area contributed by atoms with Crippen molar-refractivity contribution in [2.24, 2.45) is 5.73 Å². The van der Waals surface area contributed by atoms with E-state index in [-0.39, 0.29) is 16.9 Å². The molecule has 2 heterocycles. The fourth-order valence-electron chi connectivity index (χ4n) is 1.76. The van der Waals surface area contributed by atoms with E-state index in [2.05, 4.69) is 21.5 Å². The number of fused-ring (bicyclic) bond motifs is 1. The molecule has 0 aliphatic carbocycles. The normalized spacial score (nSPS) is 10.9. The minimum atomic E-state index is -1.02. The Morgan fingerprint density at radius 1 is 1.30 bits per heavy atom. The quantitative estimate of drug-likeness (QED) is 0.728. The summed E-state index contributed by atoms with van der Waals surface area (Å²) < 4.78 is 27.7. The molecular weight excluding hydrogens is 268 g/mol. The molecule has 1 aromatic carbocycles. The molecule has 99 valence electrons. The number of amides is 1. The Labute approximate surface area is 110 Å². The van der Waals surface area contributed by atoms with E-state index in [1.165, 1.54) is 18.2 Å². The van der Waals surface area contributed by atoms with Crippen molar-refractivity contribution in [2.75, 3.05) is 0 Å². The highest BCUT2D eigenvalue weighted by Gasteiger charge is 2.15. The third-order valence-corrected chi connectivity index (χ3v) is 2.68. The number of benzene rings is 1. The second kappa shape index (κ2) is 4.34. The summed E-state index contributed by atoms with van der Waals surface area (Å²) in [6, 6.07) is 4.28. The molecule has 0 unspecified atom stereocenters. The molecule has 20 heavy (non-hydrogen) atoms. The van der Waals surface area contributed by atoms with Crippen LogP contribution in [-0.4, -0.2) is 26.0 Å². The van der Waals surface area contributed by atoms with E-state index >= 15 is 0 Å². The van der Waals surface area contributed by atoms with Crippen molar-refractivity contribution in [3.05, 3.63) is 42.1 Å². The van der Waals surface area contributed by atoms with Gasteiger partial charge in [0.1, 0.15) is 6.20 Å². The molecule has 0 aliphatic rings. The molecular formula is C12H6F2N5O. The number of hydrogen-bond donors (Lipinski definition) is 1. The monoisotopic (exact) mass is 274 g/mol. The smallest absolute Gasteiger partial charge is 0.341 e. The molecule has 0 spiro atoms. The van der Waals surface area contributed by atoms with Gasteiger partial charge in [0.25, 0.3) is 0 Å². The number of nitrogens with two attached hydrogens (primary N) is 1. The maximum absolute atomic E-state index is 13.7. The predicted molar refractivity (Wildman–Crippen MR) is 64.5 cm³/mol. The maximum atomic E-state index is 13.7. The Bertz CT molecular complexity index is 830. The molecule has 1 amide bonds.